The first-order chi connectivity index (χ1) is 23.2. The Hall–Kier alpha value is -5.90. The number of hydrogen-bond donors (Lipinski definition) is 0. The summed E-state index contributed by atoms with van der Waals surface area (Å²) >= 11 is 0. The van der Waals surface area contributed by atoms with Crippen LogP contribution in [0.1, 0.15) is 0 Å². The molecule has 2 nitrogen and oxygen atoms in total. The molecular weight excluding hydrogens is 636 g/mol. The van der Waals surface area contributed by atoms with Gasteiger partial charge in [-0.15, -0.1) is 0 Å². The average Bonchev–Trinajstić information content (AvgIpc) is 3.05. The van der Waals surface area contributed by atoms with Crippen molar-refractivity contribution in [2.24, 2.45) is 0 Å². The molecule has 0 radical (unpaired) electrons. The van der Waals surface area contributed by atoms with Gasteiger partial charge in [-0.25, -0.2) is 35.1 Å². The zero-order chi connectivity index (χ0) is 33.7. The quantitative estimate of drug-likeness (QED) is 0.0999. The van der Waals surface area contributed by atoms with E-state index >= 15 is 35.1 Å². The van der Waals surface area contributed by atoms with Crippen molar-refractivity contribution in [3.05, 3.63) is 168 Å². The Kier molecular flexibility index (Phi) is 7.71. The molecule has 7 aromatic carbocycles. The first-order valence-electron chi connectivity index (χ1n) is 14.5. The average molecular weight is 657 g/mol. The molecule has 0 saturated heterocycles. The lowest BCUT2D eigenvalue weighted by Gasteiger charge is -2.33. The summed E-state index contributed by atoms with van der Waals surface area (Å²) in [5.74, 6) is -9.23. The fourth-order valence-corrected chi connectivity index (χ4v) is 6.05. The molecule has 0 N–H and O–H groups in total. The summed E-state index contributed by atoms with van der Waals surface area (Å²) in [5, 5.41) is 0.259. The monoisotopic (exact) mass is 656 g/mol. The predicted molar refractivity (Wildman–Crippen MR) is 170 cm³/mol. The third-order valence-corrected chi connectivity index (χ3v) is 7.97. The summed E-state index contributed by atoms with van der Waals surface area (Å²) in [6.45, 7) is 0. The lowest BCUT2D eigenvalue weighted by molar-refractivity contribution is 0.569. The Labute approximate surface area is 268 Å². The number of fused-ring (bicyclic) bond motifs is 2. The lowest BCUT2D eigenvalue weighted by Crippen LogP contribution is -2.20. The molecule has 0 atom stereocenters. The lowest BCUT2D eigenvalue weighted by atomic mass is 9.95. The summed E-state index contributed by atoms with van der Waals surface area (Å²) in [6.07, 6.45) is 0. The first-order valence-corrected chi connectivity index (χ1v) is 14.5. The Morgan fingerprint density at radius 2 is 0.417 bits per heavy atom. The summed E-state index contributed by atoms with van der Waals surface area (Å²) < 4.78 is 125. The van der Waals surface area contributed by atoms with Crippen LogP contribution in [0.25, 0.3) is 21.5 Å². The molecule has 0 unspecified atom stereocenters. The van der Waals surface area contributed by atoms with Gasteiger partial charge in [-0.1, -0.05) is 72.8 Å². The number of hydrogen-bond acceptors (Lipinski definition) is 2. The summed E-state index contributed by atoms with van der Waals surface area (Å²) in [4.78, 5) is 1.53. The van der Waals surface area contributed by atoms with Crippen molar-refractivity contribution in [2.45, 2.75) is 0 Å². The predicted octanol–water partition coefficient (Wildman–Crippen LogP) is 12.0. The minimum absolute atomic E-state index is 0.0648. The SMILES string of the molecule is Fc1cccc(F)c1N(c1c(F)cccc1F)c1c2ccccc2c(N(c2c(F)cccc2F)c2c(F)cccc2F)c2ccccc12. The number of rotatable bonds is 6. The Balaban J connectivity index is 1.71. The van der Waals surface area contributed by atoms with Crippen LogP contribution in [0.5, 0.6) is 0 Å². The van der Waals surface area contributed by atoms with Crippen molar-refractivity contribution < 1.29 is 35.1 Å². The molecule has 0 heterocycles. The van der Waals surface area contributed by atoms with E-state index in [0.717, 1.165) is 82.6 Å². The standard InChI is InChI=1S/C38H20F8N2/c39-25-13-5-14-26(40)35(25)47(36-27(41)15-6-16-28(36)42)33-21-9-1-2-10-22(21)34(24-12-4-3-11-23(24)33)48(37-29(43)17-7-18-30(37)44)38-31(45)19-8-20-32(38)46/h1-20H. The molecule has 0 saturated carbocycles. The molecule has 10 heteroatoms. The van der Waals surface area contributed by atoms with E-state index < -0.39 is 69.3 Å². The van der Waals surface area contributed by atoms with Crippen molar-refractivity contribution in [1.29, 1.82) is 0 Å². The van der Waals surface area contributed by atoms with Crippen LogP contribution in [0.2, 0.25) is 0 Å². The minimum Gasteiger partial charge on any atom is -0.299 e. The van der Waals surface area contributed by atoms with Crippen LogP contribution >= 0.6 is 0 Å². The highest BCUT2D eigenvalue weighted by atomic mass is 19.2. The summed E-state index contributed by atoms with van der Waals surface area (Å²) in [5.41, 5.74) is -3.52. The largest absolute Gasteiger partial charge is 0.299 e. The molecule has 0 aromatic heterocycles. The van der Waals surface area contributed by atoms with E-state index in [9.17, 15) is 0 Å². The van der Waals surface area contributed by atoms with Crippen LogP contribution in [-0.4, -0.2) is 0 Å². The Morgan fingerprint density at radius 1 is 0.229 bits per heavy atom. The molecule has 0 bridgehead atoms. The van der Waals surface area contributed by atoms with Crippen LogP contribution in [-0.2, 0) is 0 Å². The van der Waals surface area contributed by atoms with Crippen molar-refractivity contribution in [3.8, 4) is 0 Å². The maximum Gasteiger partial charge on any atom is 0.150 e. The van der Waals surface area contributed by atoms with Gasteiger partial charge < -0.3 is 0 Å². The van der Waals surface area contributed by atoms with E-state index in [1.54, 1.807) is 0 Å². The van der Waals surface area contributed by atoms with Gasteiger partial charge in [0.15, 0.2) is 0 Å². The minimum atomic E-state index is -1.15. The van der Waals surface area contributed by atoms with Gasteiger partial charge in [0.2, 0.25) is 0 Å². The van der Waals surface area contributed by atoms with E-state index in [-0.39, 0.29) is 32.9 Å². The van der Waals surface area contributed by atoms with Gasteiger partial charge in [-0.3, -0.25) is 9.80 Å². The summed E-state index contributed by atoms with van der Waals surface area (Å²) in [6, 6.07) is 23.7. The second-order valence-corrected chi connectivity index (χ2v) is 10.7. The van der Waals surface area contributed by atoms with E-state index in [1.165, 1.54) is 48.5 Å². The van der Waals surface area contributed by atoms with E-state index in [0.29, 0.717) is 0 Å². The maximum absolute atomic E-state index is 15.7. The van der Waals surface area contributed by atoms with Gasteiger partial charge in [-0.2, -0.15) is 0 Å². The molecule has 0 fully saturated rings. The molecule has 0 aliphatic carbocycles. The maximum atomic E-state index is 15.7. The highest BCUT2D eigenvalue weighted by Crippen LogP contribution is 2.53. The molecule has 0 spiro atoms. The van der Waals surface area contributed by atoms with Gasteiger partial charge in [-0.05, 0) is 48.5 Å². The molecule has 0 aliphatic heterocycles. The van der Waals surface area contributed by atoms with Crippen molar-refractivity contribution in [1.82, 2.24) is 0 Å². The van der Waals surface area contributed by atoms with Crippen molar-refractivity contribution >= 4 is 55.7 Å². The smallest absolute Gasteiger partial charge is 0.150 e. The third-order valence-electron chi connectivity index (χ3n) is 7.97. The van der Waals surface area contributed by atoms with Crippen LogP contribution in [0.3, 0.4) is 0 Å². The fourth-order valence-electron chi connectivity index (χ4n) is 6.05. The molecular formula is C38H20F8N2. The topological polar surface area (TPSA) is 6.48 Å². The second-order valence-electron chi connectivity index (χ2n) is 10.7. The summed E-state index contributed by atoms with van der Waals surface area (Å²) in [7, 11) is 0. The van der Waals surface area contributed by atoms with Crippen molar-refractivity contribution in [2.75, 3.05) is 9.80 Å². The van der Waals surface area contributed by atoms with Gasteiger partial charge in [0.1, 0.15) is 69.3 Å². The van der Waals surface area contributed by atoms with Gasteiger partial charge in [0, 0.05) is 21.5 Å². The van der Waals surface area contributed by atoms with Crippen LogP contribution in [0, 0.1) is 46.5 Å². The highest BCUT2D eigenvalue weighted by molar-refractivity contribution is 6.23. The Bertz CT molecular complexity index is 1970. The van der Waals surface area contributed by atoms with Gasteiger partial charge >= 0.3 is 0 Å². The number of halogens is 8. The van der Waals surface area contributed by atoms with Gasteiger partial charge in [0.25, 0.3) is 0 Å². The van der Waals surface area contributed by atoms with Crippen LogP contribution in [0.4, 0.5) is 69.2 Å². The molecule has 48 heavy (non-hydrogen) atoms. The zero-order valence-electron chi connectivity index (χ0n) is 24.5. The number of anilines is 6. The molecule has 0 amide bonds. The highest BCUT2D eigenvalue weighted by Gasteiger charge is 2.33. The van der Waals surface area contributed by atoms with Crippen molar-refractivity contribution in [3.63, 3.8) is 0 Å². The molecule has 7 rings (SSSR count). The molecule has 0 aliphatic rings. The normalized spacial score (nSPS) is 11.3. The zero-order valence-corrected chi connectivity index (χ0v) is 24.5. The van der Waals surface area contributed by atoms with E-state index in [2.05, 4.69) is 0 Å². The number of nitrogens with zero attached hydrogens (tertiary/aromatic N) is 2. The third kappa shape index (κ3) is 4.88. The van der Waals surface area contributed by atoms with E-state index in [1.807, 2.05) is 0 Å². The van der Waals surface area contributed by atoms with E-state index in [4.69, 9.17) is 0 Å². The fraction of sp³-hybridized carbons (Fsp3) is 0. The second kappa shape index (κ2) is 12.0. The number of benzene rings is 7. The van der Waals surface area contributed by atoms with Crippen LogP contribution in [0.15, 0.2) is 121 Å². The Morgan fingerprint density at radius 3 is 0.604 bits per heavy atom. The van der Waals surface area contributed by atoms with Gasteiger partial charge in [0.05, 0.1) is 11.4 Å². The van der Waals surface area contributed by atoms with Crippen LogP contribution < -0.4 is 9.80 Å². The molecule has 238 valence electrons. The first kappa shape index (κ1) is 30.7. The molecule has 7 aromatic rings. The number of para-hydroxylation sites is 4.